The van der Waals surface area contributed by atoms with Crippen molar-refractivity contribution in [3.05, 3.63) is 48.0 Å². The topological polar surface area (TPSA) is 94.2 Å². The summed E-state index contributed by atoms with van der Waals surface area (Å²) in [5.74, 6) is 1.73. The number of carbonyl (C=O) groups is 1. The summed E-state index contributed by atoms with van der Waals surface area (Å²) in [5.41, 5.74) is 0.654. The largest absolute Gasteiger partial charge is 0.496 e. The molecule has 1 atom stereocenters. The van der Waals surface area contributed by atoms with E-state index in [-0.39, 0.29) is 23.3 Å². The van der Waals surface area contributed by atoms with Gasteiger partial charge in [-0.1, -0.05) is 12.1 Å². The molecular formula is C21H26N2O6S. The number of para-hydroxylation sites is 2. The van der Waals surface area contributed by atoms with Gasteiger partial charge in [0.25, 0.3) is 0 Å². The molecule has 0 aliphatic carbocycles. The summed E-state index contributed by atoms with van der Waals surface area (Å²) < 4.78 is 42.7. The van der Waals surface area contributed by atoms with Crippen molar-refractivity contribution in [3.63, 3.8) is 0 Å². The van der Waals surface area contributed by atoms with Crippen molar-refractivity contribution in [3.8, 4) is 17.2 Å². The number of amides is 1. The second-order valence-corrected chi connectivity index (χ2v) is 9.21. The molecule has 0 radical (unpaired) electrons. The molecule has 3 rings (SSSR count). The van der Waals surface area contributed by atoms with Crippen molar-refractivity contribution in [1.82, 2.24) is 9.62 Å². The number of nitrogens with one attached hydrogen (secondary N) is 1. The number of methoxy groups -OCH3 is 1. The lowest BCUT2D eigenvalue weighted by Crippen LogP contribution is -2.40. The molecule has 0 fully saturated rings. The number of aryl methyl sites for hydroxylation is 1. The number of carbonyl (C=O) groups excluding carboxylic acids is 1. The number of nitrogens with zero attached hydrogens (tertiary/aromatic N) is 1. The Bertz CT molecular complexity index is 1010. The van der Waals surface area contributed by atoms with Crippen molar-refractivity contribution < 1.29 is 27.4 Å². The lowest BCUT2D eigenvalue weighted by molar-refractivity contribution is -0.121. The van der Waals surface area contributed by atoms with Gasteiger partial charge in [0.2, 0.25) is 15.9 Å². The fourth-order valence-electron chi connectivity index (χ4n) is 3.05. The van der Waals surface area contributed by atoms with Crippen LogP contribution in [0.25, 0.3) is 0 Å². The van der Waals surface area contributed by atoms with E-state index in [0.29, 0.717) is 42.4 Å². The van der Waals surface area contributed by atoms with Crippen LogP contribution in [-0.2, 0) is 21.2 Å². The summed E-state index contributed by atoms with van der Waals surface area (Å²) in [6.07, 6.45) is 0.259. The van der Waals surface area contributed by atoms with Crippen LogP contribution in [0.4, 0.5) is 0 Å². The minimum Gasteiger partial charge on any atom is -0.496 e. The maximum absolute atomic E-state index is 12.4. The van der Waals surface area contributed by atoms with Crippen LogP contribution in [0.2, 0.25) is 0 Å². The minimum absolute atomic E-state index is 0.162. The van der Waals surface area contributed by atoms with Gasteiger partial charge in [0.1, 0.15) is 18.5 Å². The summed E-state index contributed by atoms with van der Waals surface area (Å²) in [4.78, 5) is 12.5. The maximum atomic E-state index is 12.4. The van der Waals surface area contributed by atoms with Crippen LogP contribution in [0.1, 0.15) is 12.0 Å². The monoisotopic (exact) mass is 434 g/mol. The smallest absolute Gasteiger partial charge is 0.242 e. The first-order chi connectivity index (χ1) is 14.3. The molecule has 1 amide bonds. The van der Waals surface area contributed by atoms with Crippen LogP contribution >= 0.6 is 0 Å². The van der Waals surface area contributed by atoms with Gasteiger partial charge in [0, 0.05) is 20.5 Å². The van der Waals surface area contributed by atoms with Gasteiger partial charge < -0.3 is 19.5 Å². The van der Waals surface area contributed by atoms with Gasteiger partial charge in [-0.05, 0) is 42.3 Å². The average molecular weight is 435 g/mol. The number of rotatable bonds is 8. The molecule has 30 heavy (non-hydrogen) atoms. The third-order valence-electron chi connectivity index (χ3n) is 4.75. The summed E-state index contributed by atoms with van der Waals surface area (Å²) in [6.45, 7) is 0.676. The van der Waals surface area contributed by atoms with E-state index in [4.69, 9.17) is 14.2 Å². The first-order valence-corrected chi connectivity index (χ1v) is 11.0. The quantitative estimate of drug-likeness (QED) is 0.681. The molecule has 0 spiro atoms. The fraction of sp³-hybridized carbons (Fsp3) is 0.381. The van der Waals surface area contributed by atoms with Gasteiger partial charge in [-0.15, -0.1) is 0 Å². The zero-order chi connectivity index (χ0) is 21.7. The zero-order valence-corrected chi connectivity index (χ0v) is 18.1. The minimum atomic E-state index is -3.57. The van der Waals surface area contributed by atoms with Gasteiger partial charge in [0.05, 0.1) is 18.6 Å². The molecule has 0 saturated heterocycles. The van der Waals surface area contributed by atoms with Crippen molar-refractivity contribution in [2.75, 3.05) is 34.4 Å². The average Bonchev–Trinajstić information content (AvgIpc) is 2.75. The highest BCUT2D eigenvalue weighted by atomic mass is 32.2. The van der Waals surface area contributed by atoms with Crippen LogP contribution in [-0.4, -0.2) is 59.1 Å². The Kier molecular flexibility index (Phi) is 6.84. The number of ether oxygens (including phenoxy) is 3. The van der Waals surface area contributed by atoms with E-state index in [9.17, 15) is 13.2 Å². The fourth-order valence-corrected chi connectivity index (χ4v) is 4.00. The molecule has 0 unspecified atom stereocenters. The second kappa shape index (κ2) is 9.36. The third-order valence-corrected chi connectivity index (χ3v) is 6.56. The van der Waals surface area contributed by atoms with Crippen LogP contribution in [0.15, 0.2) is 47.4 Å². The molecule has 2 aromatic rings. The van der Waals surface area contributed by atoms with Crippen molar-refractivity contribution in [1.29, 1.82) is 0 Å². The van der Waals surface area contributed by atoms with Crippen LogP contribution in [0.5, 0.6) is 17.2 Å². The van der Waals surface area contributed by atoms with Crippen LogP contribution in [0.3, 0.4) is 0 Å². The predicted octanol–water partition coefficient (Wildman–Crippen LogP) is 1.83. The summed E-state index contributed by atoms with van der Waals surface area (Å²) in [7, 11) is 0.895. The highest BCUT2D eigenvalue weighted by Crippen LogP contribution is 2.30. The van der Waals surface area contributed by atoms with Crippen molar-refractivity contribution in [2.24, 2.45) is 0 Å². The first kappa shape index (κ1) is 21.9. The normalized spacial score (nSPS) is 15.7. The Balaban J connectivity index is 1.57. The Morgan fingerprint density at radius 1 is 1.20 bits per heavy atom. The van der Waals surface area contributed by atoms with Gasteiger partial charge in [0.15, 0.2) is 11.5 Å². The Hall–Kier alpha value is -2.78. The van der Waals surface area contributed by atoms with Crippen LogP contribution < -0.4 is 19.5 Å². The number of benzene rings is 2. The molecule has 0 bridgehead atoms. The number of hydrogen-bond donors (Lipinski definition) is 1. The number of sulfonamides is 1. The number of fused-ring (bicyclic) bond motifs is 1. The highest BCUT2D eigenvalue weighted by molar-refractivity contribution is 7.89. The Morgan fingerprint density at radius 2 is 1.93 bits per heavy atom. The lowest BCUT2D eigenvalue weighted by Gasteiger charge is -2.26. The van der Waals surface area contributed by atoms with E-state index >= 15 is 0 Å². The summed E-state index contributed by atoms with van der Waals surface area (Å²) in [5, 5.41) is 2.84. The standard InChI is InChI=1S/C21H26N2O6S/c1-23(2)30(25,26)17-9-10-18(27-3)15(12-17)8-11-21(24)22-13-16-14-28-19-6-4-5-7-20(19)29-16/h4-7,9-10,12,16H,8,11,13-14H2,1-3H3,(H,22,24)/t16-/m0/s1. The van der Waals surface area contributed by atoms with Gasteiger partial charge in [-0.2, -0.15) is 0 Å². The molecule has 0 saturated carbocycles. The van der Waals surface area contributed by atoms with Crippen LogP contribution in [0, 0.1) is 0 Å². The Labute approximate surface area is 176 Å². The van der Waals surface area contributed by atoms with E-state index in [1.165, 1.54) is 27.3 Å². The molecule has 1 N–H and O–H groups in total. The lowest BCUT2D eigenvalue weighted by atomic mass is 10.1. The van der Waals surface area contributed by atoms with Gasteiger partial charge in [-0.3, -0.25) is 4.79 Å². The van der Waals surface area contributed by atoms with E-state index in [2.05, 4.69) is 5.32 Å². The summed E-state index contributed by atoms with van der Waals surface area (Å²) in [6, 6.07) is 12.0. The molecule has 2 aromatic carbocycles. The molecule has 162 valence electrons. The molecular weight excluding hydrogens is 408 g/mol. The zero-order valence-electron chi connectivity index (χ0n) is 17.3. The van der Waals surface area contributed by atoms with E-state index in [1.807, 2.05) is 24.3 Å². The van der Waals surface area contributed by atoms with Crippen molar-refractivity contribution in [2.45, 2.75) is 23.8 Å². The van der Waals surface area contributed by atoms with Crippen molar-refractivity contribution >= 4 is 15.9 Å². The van der Waals surface area contributed by atoms with E-state index in [0.717, 1.165) is 4.31 Å². The molecule has 1 aliphatic heterocycles. The molecule has 8 nitrogen and oxygen atoms in total. The molecule has 9 heteroatoms. The summed E-state index contributed by atoms with van der Waals surface area (Å²) >= 11 is 0. The van der Waals surface area contributed by atoms with E-state index in [1.54, 1.807) is 12.1 Å². The predicted molar refractivity (Wildman–Crippen MR) is 112 cm³/mol. The second-order valence-electron chi connectivity index (χ2n) is 7.06. The van der Waals surface area contributed by atoms with Gasteiger partial charge in [-0.25, -0.2) is 12.7 Å². The third kappa shape index (κ3) is 5.03. The SMILES string of the molecule is COc1ccc(S(=O)(=O)N(C)C)cc1CCC(=O)NC[C@H]1COc2ccccc2O1. The number of hydrogen-bond acceptors (Lipinski definition) is 6. The first-order valence-electron chi connectivity index (χ1n) is 9.56. The molecule has 0 aromatic heterocycles. The van der Waals surface area contributed by atoms with Gasteiger partial charge >= 0.3 is 0 Å². The maximum Gasteiger partial charge on any atom is 0.242 e. The highest BCUT2D eigenvalue weighted by Gasteiger charge is 2.22. The molecule has 1 heterocycles. The van der Waals surface area contributed by atoms with E-state index < -0.39 is 10.0 Å². The Morgan fingerprint density at radius 3 is 2.63 bits per heavy atom. The molecule has 1 aliphatic rings.